The number of hydrogen-bond acceptors (Lipinski definition) is 4. The quantitative estimate of drug-likeness (QED) is 0.448. The van der Waals surface area contributed by atoms with Crippen molar-refractivity contribution >= 4 is 41.9 Å². The number of halogens is 1. The first-order chi connectivity index (χ1) is 8.97. The second kappa shape index (κ2) is 8.45. The van der Waals surface area contributed by atoms with Gasteiger partial charge in [-0.15, -0.1) is 36.0 Å². The number of carbonyl (C=O) groups excluding carboxylic acids is 1. The summed E-state index contributed by atoms with van der Waals surface area (Å²) in [4.78, 5) is 14.1. The lowest BCUT2D eigenvalue weighted by atomic mass is 10.0. The van der Waals surface area contributed by atoms with Crippen LogP contribution >= 0.6 is 36.0 Å². The number of alkyl halides is 1. The van der Waals surface area contributed by atoms with Crippen molar-refractivity contribution in [3.63, 3.8) is 0 Å². The predicted molar refractivity (Wildman–Crippen MR) is 85.8 cm³/mol. The van der Waals surface area contributed by atoms with Gasteiger partial charge in [0.1, 0.15) is 4.71 Å². The zero-order valence-electron chi connectivity index (χ0n) is 11.3. The van der Waals surface area contributed by atoms with Gasteiger partial charge in [-0.2, -0.15) is 0 Å². The van der Waals surface area contributed by atoms with Gasteiger partial charge < -0.3 is 10.0 Å². The molecule has 1 heterocycles. The molecule has 0 aromatic carbocycles. The van der Waals surface area contributed by atoms with E-state index in [1.54, 1.807) is 22.7 Å². The van der Waals surface area contributed by atoms with Crippen molar-refractivity contribution in [2.75, 3.05) is 11.6 Å². The van der Waals surface area contributed by atoms with E-state index in [4.69, 9.17) is 11.6 Å². The maximum atomic E-state index is 12.3. The van der Waals surface area contributed by atoms with Crippen molar-refractivity contribution in [2.45, 2.75) is 43.5 Å². The first-order valence-electron chi connectivity index (χ1n) is 6.49. The molecule has 0 unspecified atom stereocenters. The minimum absolute atomic E-state index is 0.0354. The molecule has 0 aromatic heterocycles. The van der Waals surface area contributed by atoms with E-state index in [2.05, 4.69) is 26.5 Å². The monoisotopic (exact) mass is 323 g/mol. The van der Waals surface area contributed by atoms with Crippen LogP contribution in [0.2, 0.25) is 0 Å². The number of nitrogens with zero attached hydrogens (tertiary/aromatic N) is 1. The molecule has 0 aliphatic carbocycles. The summed E-state index contributed by atoms with van der Waals surface area (Å²) in [5.41, 5.74) is 0. The third-order valence-electron chi connectivity index (χ3n) is 3.09. The van der Waals surface area contributed by atoms with Gasteiger partial charge in [-0.05, 0) is 12.3 Å². The summed E-state index contributed by atoms with van der Waals surface area (Å²) in [6, 6.07) is 0.207. The van der Waals surface area contributed by atoms with Gasteiger partial charge in [0.15, 0.2) is 0 Å². The molecule has 19 heavy (non-hydrogen) atoms. The summed E-state index contributed by atoms with van der Waals surface area (Å²) in [6.07, 6.45) is 3.52. The van der Waals surface area contributed by atoms with Crippen LogP contribution in [0.4, 0.5) is 0 Å². The molecule has 1 aliphatic heterocycles. The lowest BCUT2D eigenvalue weighted by Gasteiger charge is -2.30. The zero-order valence-corrected chi connectivity index (χ0v) is 13.8. The fourth-order valence-corrected chi connectivity index (χ4v) is 4.03. The molecule has 3 atom stereocenters. The van der Waals surface area contributed by atoms with Crippen LogP contribution in [0, 0.1) is 5.92 Å². The Morgan fingerprint density at radius 2 is 2.32 bits per heavy atom. The first kappa shape index (κ1) is 17.2. The highest BCUT2D eigenvalue weighted by Crippen LogP contribution is 2.35. The van der Waals surface area contributed by atoms with Gasteiger partial charge in [0, 0.05) is 17.7 Å². The molecule has 1 fully saturated rings. The summed E-state index contributed by atoms with van der Waals surface area (Å²) in [6.45, 7) is 4.21. The summed E-state index contributed by atoms with van der Waals surface area (Å²) in [5.74, 6) is 1.80. The third kappa shape index (κ3) is 5.21. The Kier molecular flexibility index (Phi) is 7.65. The highest BCUT2D eigenvalue weighted by Gasteiger charge is 2.37. The molecule has 0 spiro atoms. The lowest BCUT2D eigenvalue weighted by Crippen LogP contribution is -2.43. The minimum Gasteiger partial charge on any atom is -0.389 e. The smallest absolute Gasteiger partial charge is 0.227 e. The number of aliphatic hydroxyl groups excluding tert-OH is 1. The topological polar surface area (TPSA) is 40.5 Å². The number of rotatable bonds is 6. The highest BCUT2D eigenvalue weighted by atomic mass is 35.5. The van der Waals surface area contributed by atoms with Gasteiger partial charge in [0.25, 0.3) is 0 Å². The largest absolute Gasteiger partial charge is 0.389 e. The van der Waals surface area contributed by atoms with Crippen molar-refractivity contribution in [2.24, 2.45) is 5.92 Å². The van der Waals surface area contributed by atoms with Crippen molar-refractivity contribution in [1.29, 1.82) is 0 Å². The van der Waals surface area contributed by atoms with Crippen LogP contribution in [0.1, 0.15) is 26.7 Å². The van der Waals surface area contributed by atoms with Crippen LogP contribution < -0.4 is 0 Å². The second-order valence-corrected chi connectivity index (χ2v) is 7.28. The molecule has 3 nitrogen and oxygen atoms in total. The lowest BCUT2D eigenvalue weighted by molar-refractivity contribution is -0.134. The van der Waals surface area contributed by atoms with E-state index in [-0.39, 0.29) is 23.1 Å². The Balaban J connectivity index is 2.56. The molecule has 0 aromatic rings. The molecule has 110 valence electrons. The normalized spacial score (nSPS) is 25.5. The van der Waals surface area contributed by atoms with Crippen molar-refractivity contribution in [1.82, 2.24) is 4.90 Å². The predicted octanol–water partition coefficient (Wildman–Crippen LogP) is 2.74. The molecule has 6 heteroatoms. The molecular weight excluding hydrogens is 302 g/mol. The number of aliphatic hydroxyl groups is 1. The third-order valence-corrected chi connectivity index (χ3v) is 5.06. The Morgan fingerprint density at radius 1 is 1.63 bits per heavy atom. The Bertz CT molecular complexity index is 326. The van der Waals surface area contributed by atoms with Crippen LogP contribution in [-0.4, -0.2) is 44.4 Å². The molecule has 0 radical (unpaired) electrons. The maximum absolute atomic E-state index is 12.3. The van der Waals surface area contributed by atoms with Crippen LogP contribution in [0.15, 0.2) is 12.2 Å². The number of amides is 1. The van der Waals surface area contributed by atoms with Gasteiger partial charge >= 0.3 is 0 Å². The molecule has 1 rings (SSSR count). The second-order valence-electron chi connectivity index (χ2n) is 4.95. The number of hydrogen-bond donors (Lipinski definition) is 2. The number of carbonyl (C=O) groups is 1. The van der Waals surface area contributed by atoms with Gasteiger partial charge in [0.05, 0.1) is 12.5 Å². The summed E-state index contributed by atoms with van der Waals surface area (Å²) >= 11 is 11.7. The molecule has 1 amide bonds. The van der Waals surface area contributed by atoms with Crippen LogP contribution in [0.3, 0.4) is 0 Å². The number of thioether (sulfide) groups is 1. The van der Waals surface area contributed by atoms with Crippen LogP contribution in [0.25, 0.3) is 0 Å². The van der Waals surface area contributed by atoms with Crippen molar-refractivity contribution in [3.8, 4) is 0 Å². The first-order valence-corrected chi connectivity index (χ1v) is 8.58. The minimum atomic E-state index is -0.741. The van der Waals surface area contributed by atoms with Gasteiger partial charge in [0.2, 0.25) is 5.91 Å². The molecule has 1 aliphatic rings. The summed E-state index contributed by atoms with van der Waals surface area (Å²) in [5, 5.41) is 9.81. The average molecular weight is 324 g/mol. The molecular formula is C13H22ClNO2S2. The number of allylic oxidation sites excluding steroid dienone is 1. The van der Waals surface area contributed by atoms with Gasteiger partial charge in [-0.1, -0.05) is 26.0 Å². The van der Waals surface area contributed by atoms with Gasteiger partial charge in [-0.3, -0.25) is 4.79 Å². The number of thiol groups is 1. The fourth-order valence-electron chi connectivity index (χ4n) is 2.00. The zero-order chi connectivity index (χ0) is 14.4. The van der Waals surface area contributed by atoms with E-state index >= 15 is 0 Å². The maximum Gasteiger partial charge on any atom is 0.227 e. The van der Waals surface area contributed by atoms with E-state index in [1.165, 1.54) is 0 Å². The van der Waals surface area contributed by atoms with E-state index in [1.807, 2.05) is 6.08 Å². The van der Waals surface area contributed by atoms with E-state index in [0.717, 1.165) is 5.75 Å². The fraction of sp³-hybridized carbons (Fsp3) is 0.769. The highest BCUT2D eigenvalue weighted by molar-refractivity contribution is 8.10. The van der Waals surface area contributed by atoms with Crippen molar-refractivity contribution < 1.29 is 9.90 Å². The Labute approximate surface area is 130 Å². The molecule has 1 N–H and O–H groups in total. The Hall–Kier alpha value is 0.160. The van der Waals surface area contributed by atoms with Crippen LogP contribution in [0.5, 0.6) is 0 Å². The van der Waals surface area contributed by atoms with Crippen molar-refractivity contribution in [3.05, 3.63) is 12.2 Å². The van der Waals surface area contributed by atoms with E-state index < -0.39 is 6.10 Å². The average Bonchev–Trinajstić information content (AvgIpc) is 2.71. The summed E-state index contributed by atoms with van der Waals surface area (Å²) in [7, 11) is 0. The molecule has 0 saturated carbocycles. The van der Waals surface area contributed by atoms with Crippen LogP contribution in [-0.2, 0) is 4.79 Å². The SMILES string of the molecule is CC(C)[C@@H]1CS[C@@H](S)N1C(=O)C[C@H](O)/C=C/CCCl. The van der Waals surface area contributed by atoms with E-state index in [9.17, 15) is 9.90 Å². The van der Waals surface area contributed by atoms with E-state index in [0.29, 0.717) is 18.2 Å². The Morgan fingerprint density at radius 3 is 2.89 bits per heavy atom. The van der Waals surface area contributed by atoms with Gasteiger partial charge in [-0.25, -0.2) is 0 Å². The summed E-state index contributed by atoms with van der Waals surface area (Å²) < 4.78 is -0.0982. The molecule has 1 saturated heterocycles. The standard InChI is InChI=1S/C13H22ClNO2S2/c1-9(2)11-8-19-13(18)15(11)12(17)7-10(16)5-3-4-6-14/h3,5,9-11,13,16,18H,4,6-8H2,1-2H3/b5-3+/t10-,11+,13-/m1/s1. The molecule has 0 bridgehead atoms.